The van der Waals surface area contributed by atoms with Gasteiger partial charge in [-0.05, 0) is 48.9 Å². The molecule has 3 rings (SSSR count). The minimum absolute atomic E-state index is 0.00448. The van der Waals surface area contributed by atoms with Crippen molar-refractivity contribution in [3.8, 4) is 5.75 Å². The highest BCUT2D eigenvalue weighted by Crippen LogP contribution is 2.27. The van der Waals surface area contributed by atoms with E-state index in [0.29, 0.717) is 11.1 Å². The molecule has 7 heteroatoms. The Balaban J connectivity index is 1.63. The van der Waals surface area contributed by atoms with Gasteiger partial charge in [0.15, 0.2) is 6.10 Å². The second-order valence-corrected chi connectivity index (χ2v) is 7.59. The number of methoxy groups -OCH3 is 1. The standard InChI is InChI=1S/C22H26ClN3O3/c1-28-20(16-10-12-19(13-11-16)29-18-4-2-3-5-18)22(27)26(23)14-15-6-8-17(9-7-15)21(24)25/h6-13,18,20H,2-5,14H2,1H3,(H3,24,25). The van der Waals surface area contributed by atoms with Gasteiger partial charge >= 0.3 is 0 Å². The number of amides is 1. The number of nitrogens with zero attached hydrogens (tertiary/aromatic N) is 1. The van der Waals surface area contributed by atoms with Crippen molar-refractivity contribution in [1.29, 1.82) is 5.41 Å². The van der Waals surface area contributed by atoms with E-state index in [4.69, 9.17) is 32.4 Å². The summed E-state index contributed by atoms with van der Waals surface area (Å²) < 4.78 is 12.5. The van der Waals surface area contributed by atoms with Gasteiger partial charge in [0, 0.05) is 24.4 Å². The van der Waals surface area contributed by atoms with Crippen LogP contribution in [0.25, 0.3) is 0 Å². The first-order chi connectivity index (χ1) is 14.0. The van der Waals surface area contributed by atoms with Gasteiger partial charge in [-0.2, -0.15) is 0 Å². The number of carbonyl (C=O) groups is 1. The number of halogens is 1. The maximum atomic E-state index is 12.8. The van der Waals surface area contributed by atoms with Crippen LogP contribution in [0.3, 0.4) is 0 Å². The number of nitrogens with one attached hydrogen (secondary N) is 1. The molecule has 0 spiro atoms. The fraction of sp³-hybridized carbons (Fsp3) is 0.364. The van der Waals surface area contributed by atoms with Crippen LogP contribution in [0.5, 0.6) is 5.75 Å². The SMILES string of the molecule is COC(C(=O)N(Cl)Cc1ccc(C(=N)N)cc1)c1ccc(OC2CCCC2)cc1. The van der Waals surface area contributed by atoms with E-state index >= 15 is 0 Å². The molecular weight excluding hydrogens is 390 g/mol. The summed E-state index contributed by atoms with van der Waals surface area (Å²) in [7, 11) is 1.48. The number of nitrogen functional groups attached to an aromatic ring is 1. The Bertz CT molecular complexity index is 833. The third-order valence-corrected chi connectivity index (χ3v) is 5.36. The fourth-order valence-electron chi connectivity index (χ4n) is 3.45. The first kappa shape index (κ1) is 21.1. The molecule has 0 heterocycles. The van der Waals surface area contributed by atoms with Crippen LogP contribution >= 0.6 is 11.8 Å². The van der Waals surface area contributed by atoms with E-state index in [0.717, 1.165) is 28.6 Å². The van der Waals surface area contributed by atoms with Crippen molar-refractivity contribution in [2.45, 2.75) is 44.4 Å². The van der Waals surface area contributed by atoms with Gasteiger partial charge in [-0.15, -0.1) is 0 Å². The quantitative estimate of drug-likeness (QED) is 0.385. The lowest BCUT2D eigenvalue weighted by Crippen LogP contribution is -2.28. The molecular formula is C22H26ClN3O3. The van der Waals surface area contributed by atoms with Gasteiger partial charge in [-0.3, -0.25) is 10.2 Å². The summed E-state index contributed by atoms with van der Waals surface area (Å²) in [5, 5.41) is 7.43. The summed E-state index contributed by atoms with van der Waals surface area (Å²) >= 11 is 6.25. The van der Waals surface area contributed by atoms with Crippen LogP contribution in [0.1, 0.15) is 48.5 Å². The van der Waals surface area contributed by atoms with Gasteiger partial charge in [-0.25, -0.2) is 4.42 Å². The highest BCUT2D eigenvalue weighted by Gasteiger charge is 2.25. The zero-order valence-electron chi connectivity index (χ0n) is 16.4. The smallest absolute Gasteiger partial charge is 0.270 e. The molecule has 0 bridgehead atoms. The van der Waals surface area contributed by atoms with E-state index in [1.54, 1.807) is 24.3 Å². The number of nitrogens with two attached hydrogens (primary N) is 1. The van der Waals surface area contributed by atoms with Gasteiger partial charge < -0.3 is 15.2 Å². The molecule has 1 amide bonds. The molecule has 6 nitrogen and oxygen atoms in total. The van der Waals surface area contributed by atoms with Gasteiger partial charge in [0.2, 0.25) is 0 Å². The number of benzene rings is 2. The van der Waals surface area contributed by atoms with E-state index in [1.165, 1.54) is 20.0 Å². The van der Waals surface area contributed by atoms with E-state index in [1.807, 2.05) is 24.3 Å². The maximum absolute atomic E-state index is 12.8. The van der Waals surface area contributed by atoms with Crippen molar-refractivity contribution in [2.24, 2.45) is 5.73 Å². The lowest BCUT2D eigenvalue weighted by Gasteiger charge is -2.21. The second kappa shape index (κ2) is 9.76. The average molecular weight is 416 g/mol. The Labute approximate surface area is 176 Å². The van der Waals surface area contributed by atoms with Crippen molar-refractivity contribution in [3.05, 3.63) is 65.2 Å². The molecule has 1 unspecified atom stereocenters. The van der Waals surface area contributed by atoms with Gasteiger partial charge in [-0.1, -0.05) is 36.4 Å². The molecule has 3 N–H and O–H groups in total. The van der Waals surface area contributed by atoms with Crippen LogP contribution in [-0.2, 0) is 16.1 Å². The fourth-order valence-corrected chi connectivity index (χ4v) is 3.68. The van der Waals surface area contributed by atoms with Crippen molar-refractivity contribution in [2.75, 3.05) is 7.11 Å². The van der Waals surface area contributed by atoms with Gasteiger partial charge in [0.1, 0.15) is 11.6 Å². The monoisotopic (exact) mass is 415 g/mol. The number of rotatable bonds is 8. The van der Waals surface area contributed by atoms with E-state index < -0.39 is 6.10 Å². The number of hydrogen-bond donors (Lipinski definition) is 2. The minimum Gasteiger partial charge on any atom is -0.490 e. The Morgan fingerprint density at radius 1 is 1.17 bits per heavy atom. The summed E-state index contributed by atoms with van der Waals surface area (Å²) in [5.74, 6) is 0.445. The highest BCUT2D eigenvalue weighted by molar-refractivity contribution is 6.21. The van der Waals surface area contributed by atoms with E-state index in [2.05, 4.69) is 0 Å². The lowest BCUT2D eigenvalue weighted by atomic mass is 10.1. The number of ether oxygens (including phenoxy) is 2. The zero-order chi connectivity index (χ0) is 20.8. The molecule has 2 aromatic carbocycles. The van der Waals surface area contributed by atoms with Crippen LogP contribution in [0, 0.1) is 5.41 Å². The molecule has 154 valence electrons. The van der Waals surface area contributed by atoms with Crippen molar-refractivity contribution in [3.63, 3.8) is 0 Å². The van der Waals surface area contributed by atoms with Crippen LogP contribution in [0.2, 0.25) is 0 Å². The van der Waals surface area contributed by atoms with E-state index in [-0.39, 0.29) is 24.4 Å². The largest absolute Gasteiger partial charge is 0.490 e. The average Bonchev–Trinajstić information content (AvgIpc) is 3.23. The second-order valence-electron chi connectivity index (χ2n) is 7.18. The molecule has 1 fully saturated rings. The van der Waals surface area contributed by atoms with Crippen molar-refractivity contribution < 1.29 is 14.3 Å². The Morgan fingerprint density at radius 3 is 2.34 bits per heavy atom. The highest BCUT2D eigenvalue weighted by atomic mass is 35.5. The van der Waals surface area contributed by atoms with Gasteiger partial charge in [0.25, 0.3) is 5.91 Å². The van der Waals surface area contributed by atoms with Crippen LogP contribution < -0.4 is 10.5 Å². The molecule has 0 saturated heterocycles. The predicted octanol–water partition coefficient (Wildman–Crippen LogP) is 4.16. The Morgan fingerprint density at radius 2 is 1.79 bits per heavy atom. The Kier molecular flexibility index (Phi) is 7.12. The van der Waals surface area contributed by atoms with Gasteiger partial charge in [0.05, 0.1) is 12.6 Å². The number of carbonyl (C=O) groups excluding carboxylic acids is 1. The molecule has 2 aromatic rings. The summed E-state index contributed by atoms with van der Waals surface area (Å²) in [6.07, 6.45) is 4.10. The van der Waals surface area contributed by atoms with Crippen LogP contribution in [0.15, 0.2) is 48.5 Å². The summed E-state index contributed by atoms with van der Waals surface area (Å²) in [6, 6.07) is 14.4. The predicted molar refractivity (Wildman–Crippen MR) is 113 cm³/mol. The van der Waals surface area contributed by atoms with Crippen molar-refractivity contribution >= 4 is 23.5 Å². The van der Waals surface area contributed by atoms with Crippen LogP contribution in [-0.4, -0.2) is 29.4 Å². The number of amidine groups is 1. The molecule has 1 atom stereocenters. The topological polar surface area (TPSA) is 88.6 Å². The lowest BCUT2D eigenvalue weighted by molar-refractivity contribution is -0.137. The third kappa shape index (κ3) is 5.49. The first-order valence-electron chi connectivity index (χ1n) is 9.68. The molecule has 0 aliphatic heterocycles. The summed E-state index contributed by atoms with van der Waals surface area (Å²) in [6.45, 7) is 0.210. The molecule has 0 aromatic heterocycles. The normalized spacial score (nSPS) is 15.1. The van der Waals surface area contributed by atoms with E-state index in [9.17, 15) is 4.79 Å². The summed E-state index contributed by atoms with van der Waals surface area (Å²) in [5.41, 5.74) is 7.62. The number of hydrogen-bond acceptors (Lipinski definition) is 4. The maximum Gasteiger partial charge on any atom is 0.270 e. The molecule has 1 aliphatic rings. The first-order valence-corrected chi connectivity index (χ1v) is 10.0. The van der Waals surface area contributed by atoms with Crippen molar-refractivity contribution in [1.82, 2.24) is 4.42 Å². The minimum atomic E-state index is -0.801. The molecule has 1 aliphatic carbocycles. The summed E-state index contributed by atoms with van der Waals surface area (Å²) in [4.78, 5) is 12.8. The molecule has 29 heavy (non-hydrogen) atoms. The molecule has 0 radical (unpaired) electrons. The molecule has 1 saturated carbocycles. The third-order valence-electron chi connectivity index (χ3n) is 5.07. The van der Waals surface area contributed by atoms with Crippen LogP contribution in [0.4, 0.5) is 0 Å². The zero-order valence-corrected chi connectivity index (χ0v) is 17.2. The Hall–Kier alpha value is -2.57.